The Morgan fingerprint density at radius 3 is 2.80 bits per heavy atom. The Bertz CT molecular complexity index is 797. The molecule has 3 nitrogen and oxygen atoms in total. The van der Waals surface area contributed by atoms with Crippen molar-refractivity contribution in [3.05, 3.63) is 63.8 Å². The summed E-state index contributed by atoms with van der Waals surface area (Å²) >= 11 is 9.26. The number of carbonyl (C=O) groups excluding carboxylic acids is 1. The normalized spacial score (nSPS) is 10.7. The average Bonchev–Trinajstić information content (AvgIpc) is 2.81. The molecule has 0 aliphatic carbocycles. The zero-order chi connectivity index (χ0) is 14.1. The van der Waals surface area contributed by atoms with Crippen molar-refractivity contribution in [2.45, 2.75) is 0 Å². The van der Waals surface area contributed by atoms with Crippen molar-refractivity contribution in [3.8, 4) is 0 Å². The molecule has 0 saturated heterocycles. The Balaban J connectivity index is 1.88. The van der Waals surface area contributed by atoms with Gasteiger partial charge < -0.3 is 9.73 Å². The molecule has 5 heteroatoms. The third kappa shape index (κ3) is 2.71. The second-order valence-electron chi connectivity index (χ2n) is 4.26. The number of hydrogen-bond acceptors (Lipinski definition) is 2. The minimum Gasteiger partial charge on any atom is -0.451 e. The molecule has 3 aromatic rings. The summed E-state index contributed by atoms with van der Waals surface area (Å²) in [5.41, 5.74) is 1.33. The third-order valence-electron chi connectivity index (χ3n) is 2.78. The lowest BCUT2D eigenvalue weighted by Gasteiger charge is -2.02. The summed E-state index contributed by atoms with van der Waals surface area (Å²) in [7, 11) is 0. The molecule has 0 bridgehead atoms. The molecule has 20 heavy (non-hydrogen) atoms. The van der Waals surface area contributed by atoms with Crippen LogP contribution in [0.15, 0.2) is 57.4 Å². The van der Waals surface area contributed by atoms with E-state index in [1.807, 2.05) is 24.3 Å². The summed E-state index contributed by atoms with van der Waals surface area (Å²) in [5.74, 6) is -0.0438. The van der Waals surface area contributed by atoms with E-state index in [0.717, 1.165) is 9.86 Å². The Morgan fingerprint density at radius 2 is 2.00 bits per heavy atom. The van der Waals surface area contributed by atoms with E-state index in [1.165, 1.54) is 0 Å². The van der Waals surface area contributed by atoms with Gasteiger partial charge in [0.15, 0.2) is 5.76 Å². The number of furan rings is 1. The lowest BCUT2D eigenvalue weighted by molar-refractivity contribution is 0.0998. The number of halogens is 2. The fourth-order valence-corrected chi connectivity index (χ4v) is 2.46. The molecule has 1 amide bonds. The van der Waals surface area contributed by atoms with E-state index in [1.54, 1.807) is 24.3 Å². The number of hydrogen-bond donors (Lipinski definition) is 1. The molecule has 0 atom stereocenters. The molecule has 0 saturated carbocycles. The fourth-order valence-electron chi connectivity index (χ4n) is 1.89. The van der Waals surface area contributed by atoms with Gasteiger partial charge in [0.05, 0.1) is 0 Å². The molecule has 0 spiro atoms. The van der Waals surface area contributed by atoms with Gasteiger partial charge in [-0.05, 0) is 42.5 Å². The first kappa shape index (κ1) is 13.2. The van der Waals surface area contributed by atoms with Crippen LogP contribution < -0.4 is 5.32 Å². The Hall–Kier alpha value is -1.78. The van der Waals surface area contributed by atoms with E-state index in [0.29, 0.717) is 16.3 Å². The molecule has 0 aliphatic rings. The van der Waals surface area contributed by atoms with Crippen LogP contribution >= 0.6 is 27.5 Å². The molecule has 1 heterocycles. The van der Waals surface area contributed by atoms with E-state index in [2.05, 4.69) is 21.2 Å². The van der Waals surface area contributed by atoms with Crippen molar-refractivity contribution >= 4 is 50.1 Å². The first-order valence-corrected chi connectivity index (χ1v) is 7.05. The average molecular weight is 351 g/mol. The van der Waals surface area contributed by atoms with Gasteiger partial charge in [0.1, 0.15) is 5.58 Å². The van der Waals surface area contributed by atoms with Gasteiger partial charge in [-0.15, -0.1) is 0 Å². The van der Waals surface area contributed by atoms with Gasteiger partial charge in [-0.3, -0.25) is 4.79 Å². The van der Waals surface area contributed by atoms with Crippen LogP contribution in [0.2, 0.25) is 5.02 Å². The highest BCUT2D eigenvalue weighted by Crippen LogP contribution is 2.24. The largest absolute Gasteiger partial charge is 0.451 e. The lowest BCUT2D eigenvalue weighted by atomic mass is 10.2. The van der Waals surface area contributed by atoms with Gasteiger partial charge in [-0.1, -0.05) is 33.6 Å². The van der Waals surface area contributed by atoms with Crippen molar-refractivity contribution < 1.29 is 9.21 Å². The smallest absolute Gasteiger partial charge is 0.291 e. The SMILES string of the molecule is O=C(Nc1cccc(Br)c1)c1cc2cc(Cl)ccc2o1. The summed E-state index contributed by atoms with van der Waals surface area (Å²) in [4.78, 5) is 12.1. The third-order valence-corrected chi connectivity index (χ3v) is 3.51. The van der Waals surface area contributed by atoms with E-state index >= 15 is 0 Å². The standard InChI is InChI=1S/C15H9BrClNO2/c16-10-2-1-3-12(8-10)18-15(19)14-7-9-6-11(17)4-5-13(9)20-14/h1-8H,(H,18,19). The molecule has 1 aromatic heterocycles. The van der Waals surface area contributed by atoms with Crippen molar-refractivity contribution in [1.29, 1.82) is 0 Å². The minimum absolute atomic E-state index is 0.252. The van der Waals surface area contributed by atoms with Crippen LogP contribution in [0.25, 0.3) is 11.0 Å². The fraction of sp³-hybridized carbons (Fsp3) is 0. The number of benzene rings is 2. The highest BCUT2D eigenvalue weighted by atomic mass is 79.9. The van der Waals surface area contributed by atoms with Gasteiger partial charge >= 0.3 is 0 Å². The number of rotatable bonds is 2. The summed E-state index contributed by atoms with van der Waals surface area (Å²) in [6.45, 7) is 0. The number of fused-ring (bicyclic) bond motifs is 1. The molecule has 1 N–H and O–H groups in total. The van der Waals surface area contributed by atoms with Crippen molar-refractivity contribution in [1.82, 2.24) is 0 Å². The van der Waals surface area contributed by atoms with Gasteiger partial charge in [0.25, 0.3) is 5.91 Å². The summed E-state index contributed by atoms with van der Waals surface area (Å²) in [5, 5.41) is 4.19. The van der Waals surface area contributed by atoms with Crippen LogP contribution in [0.3, 0.4) is 0 Å². The van der Waals surface area contributed by atoms with Crippen molar-refractivity contribution in [2.24, 2.45) is 0 Å². The number of carbonyl (C=O) groups is 1. The maximum absolute atomic E-state index is 12.1. The molecule has 3 rings (SSSR count). The zero-order valence-electron chi connectivity index (χ0n) is 10.2. The van der Waals surface area contributed by atoms with Crippen molar-refractivity contribution in [2.75, 3.05) is 5.32 Å². The van der Waals surface area contributed by atoms with Crippen molar-refractivity contribution in [3.63, 3.8) is 0 Å². The summed E-state index contributed by atoms with van der Waals surface area (Å²) in [6.07, 6.45) is 0. The maximum Gasteiger partial charge on any atom is 0.291 e. The highest BCUT2D eigenvalue weighted by molar-refractivity contribution is 9.10. The monoisotopic (exact) mass is 349 g/mol. The molecular weight excluding hydrogens is 342 g/mol. The molecule has 0 radical (unpaired) electrons. The maximum atomic E-state index is 12.1. The number of amides is 1. The Kier molecular flexibility index (Phi) is 3.51. The Labute approximate surface area is 128 Å². The topological polar surface area (TPSA) is 42.2 Å². The summed E-state index contributed by atoms with van der Waals surface area (Å²) < 4.78 is 6.40. The van der Waals surface area contributed by atoms with Crippen LogP contribution in [0.4, 0.5) is 5.69 Å². The van der Waals surface area contributed by atoms with E-state index in [4.69, 9.17) is 16.0 Å². The lowest BCUT2D eigenvalue weighted by Crippen LogP contribution is -2.10. The molecule has 0 fully saturated rings. The van der Waals surface area contributed by atoms with Crippen LogP contribution in [-0.2, 0) is 0 Å². The van der Waals surface area contributed by atoms with E-state index < -0.39 is 0 Å². The first-order valence-electron chi connectivity index (χ1n) is 5.88. The van der Waals surface area contributed by atoms with Crippen LogP contribution in [0.5, 0.6) is 0 Å². The predicted octanol–water partition coefficient (Wildman–Crippen LogP) is 5.10. The minimum atomic E-state index is -0.296. The van der Waals surface area contributed by atoms with Gasteiger partial charge in [-0.2, -0.15) is 0 Å². The molecule has 2 aromatic carbocycles. The number of anilines is 1. The highest BCUT2D eigenvalue weighted by Gasteiger charge is 2.12. The molecule has 0 aliphatic heterocycles. The molecular formula is C15H9BrClNO2. The van der Waals surface area contributed by atoms with Crippen LogP contribution in [0.1, 0.15) is 10.6 Å². The van der Waals surface area contributed by atoms with E-state index in [9.17, 15) is 4.79 Å². The van der Waals surface area contributed by atoms with Crippen LogP contribution in [0, 0.1) is 0 Å². The quantitative estimate of drug-likeness (QED) is 0.698. The van der Waals surface area contributed by atoms with Crippen LogP contribution in [-0.4, -0.2) is 5.91 Å². The van der Waals surface area contributed by atoms with Gasteiger partial charge in [0, 0.05) is 20.6 Å². The second kappa shape index (κ2) is 5.31. The number of nitrogens with one attached hydrogen (secondary N) is 1. The molecule has 100 valence electrons. The zero-order valence-corrected chi connectivity index (χ0v) is 12.5. The van der Waals surface area contributed by atoms with Gasteiger partial charge in [0.2, 0.25) is 0 Å². The van der Waals surface area contributed by atoms with Gasteiger partial charge in [-0.25, -0.2) is 0 Å². The van der Waals surface area contributed by atoms with E-state index in [-0.39, 0.29) is 11.7 Å². The second-order valence-corrected chi connectivity index (χ2v) is 5.61. The first-order chi connectivity index (χ1) is 9.61. The molecule has 0 unspecified atom stereocenters. The Morgan fingerprint density at radius 1 is 1.15 bits per heavy atom. The predicted molar refractivity (Wildman–Crippen MR) is 83.3 cm³/mol. The summed E-state index contributed by atoms with van der Waals surface area (Å²) in [6, 6.07) is 14.3.